The van der Waals surface area contributed by atoms with Crippen LogP contribution in [0.15, 0.2) is 12.5 Å². The van der Waals surface area contributed by atoms with E-state index in [1.165, 1.54) is 19.4 Å². The highest BCUT2D eigenvalue weighted by atomic mass is 16.4. The number of aliphatic carboxylic acids is 2. The van der Waals surface area contributed by atoms with E-state index < -0.39 is 72.3 Å². The summed E-state index contributed by atoms with van der Waals surface area (Å²) in [6.45, 7) is 4.40. The number of amides is 3. The van der Waals surface area contributed by atoms with Gasteiger partial charge in [0.2, 0.25) is 17.7 Å². The van der Waals surface area contributed by atoms with Crippen molar-refractivity contribution in [2.45, 2.75) is 63.9 Å². The van der Waals surface area contributed by atoms with Crippen molar-refractivity contribution in [2.75, 3.05) is 0 Å². The number of imidazole rings is 1. The number of carboxylic acid groups (broad SMARTS) is 2. The number of hydrogen-bond acceptors (Lipinski definition) is 8. The zero-order valence-corrected chi connectivity index (χ0v) is 18.4. The van der Waals surface area contributed by atoms with Gasteiger partial charge in [0, 0.05) is 18.3 Å². The van der Waals surface area contributed by atoms with Gasteiger partial charge in [-0.2, -0.15) is 0 Å². The Morgan fingerprint density at radius 3 is 2.06 bits per heavy atom. The van der Waals surface area contributed by atoms with E-state index in [0.717, 1.165) is 0 Å². The Balaban J connectivity index is 3.03. The van der Waals surface area contributed by atoms with E-state index >= 15 is 0 Å². The van der Waals surface area contributed by atoms with Crippen LogP contribution in [0.4, 0.5) is 0 Å². The first-order valence-corrected chi connectivity index (χ1v) is 10.1. The number of nitrogens with two attached hydrogens (primary N) is 1. The number of aliphatic hydroxyl groups is 1. The predicted octanol–water partition coefficient (Wildman–Crippen LogP) is -2.67. The third-order valence-corrected chi connectivity index (χ3v) is 4.64. The fourth-order valence-electron chi connectivity index (χ4n) is 2.81. The molecule has 5 unspecified atom stereocenters. The fourth-order valence-corrected chi connectivity index (χ4v) is 2.81. The number of aromatic amines is 1. The molecule has 33 heavy (non-hydrogen) atoms. The van der Waals surface area contributed by atoms with Crippen molar-refractivity contribution in [3.05, 3.63) is 18.2 Å². The molecule has 0 bridgehead atoms. The molecule has 3 amide bonds. The van der Waals surface area contributed by atoms with Crippen LogP contribution in [-0.2, 0) is 30.4 Å². The van der Waals surface area contributed by atoms with E-state index in [2.05, 4.69) is 25.9 Å². The molecule has 1 heterocycles. The second-order valence-corrected chi connectivity index (χ2v) is 7.84. The van der Waals surface area contributed by atoms with Gasteiger partial charge in [0.25, 0.3) is 0 Å². The zero-order chi connectivity index (χ0) is 25.3. The molecule has 0 spiro atoms. The van der Waals surface area contributed by atoms with Crippen molar-refractivity contribution in [1.29, 1.82) is 0 Å². The molecule has 0 aromatic carbocycles. The van der Waals surface area contributed by atoms with Gasteiger partial charge in [-0.05, 0) is 12.8 Å². The van der Waals surface area contributed by atoms with E-state index in [1.54, 1.807) is 13.8 Å². The summed E-state index contributed by atoms with van der Waals surface area (Å²) in [5.41, 5.74) is 6.03. The number of aromatic nitrogens is 2. The van der Waals surface area contributed by atoms with Gasteiger partial charge in [-0.3, -0.25) is 19.2 Å². The molecule has 0 radical (unpaired) electrons. The van der Waals surface area contributed by atoms with Crippen LogP contribution in [0, 0.1) is 5.92 Å². The zero-order valence-electron chi connectivity index (χ0n) is 18.4. The van der Waals surface area contributed by atoms with E-state index in [9.17, 15) is 29.1 Å². The van der Waals surface area contributed by atoms with E-state index in [-0.39, 0.29) is 6.42 Å². The summed E-state index contributed by atoms with van der Waals surface area (Å²) >= 11 is 0. The van der Waals surface area contributed by atoms with Crippen molar-refractivity contribution in [2.24, 2.45) is 11.7 Å². The van der Waals surface area contributed by atoms with Crippen LogP contribution in [0.5, 0.6) is 0 Å². The number of nitrogens with one attached hydrogen (secondary N) is 4. The van der Waals surface area contributed by atoms with Crippen molar-refractivity contribution in [1.82, 2.24) is 25.9 Å². The Bertz CT molecular complexity index is 841. The number of carbonyl (C=O) groups is 5. The van der Waals surface area contributed by atoms with E-state index in [4.69, 9.17) is 15.9 Å². The van der Waals surface area contributed by atoms with Crippen molar-refractivity contribution in [3.63, 3.8) is 0 Å². The topological polar surface area (TPSA) is 237 Å². The molecule has 9 N–H and O–H groups in total. The minimum atomic E-state index is -1.59. The van der Waals surface area contributed by atoms with Gasteiger partial charge in [-0.1, -0.05) is 13.8 Å². The van der Waals surface area contributed by atoms with Gasteiger partial charge in [-0.25, -0.2) is 9.78 Å². The number of nitrogens with zero attached hydrogens (tertiary/aromatic N) is 1. The summed E-state index contributed by atoms with van der Waals surface area (Å²) in [4.78, 5) is 66.6. The number of carbonyl (C=O) groups excluding carboxylic acids is 3. The van der Waals surface area contributed by atoms with E-state index in [1.807, 2.05) is 0 Å². The fraction of sp³-hybridized carbons (Fsp3) is 0.579. The van der Waals surface area contributed by atoms with Gasteiger partial charge >= 0.3 is 11.9 Å². The average molecular weight is 470 g/mol. The molecule has 0 aliphatic rings. The molecular formula is C19H30N6O8. The number of hydrogen-bond donors (Lipinski definition) is 8. The maximum Gasteiger partial charge on any atom is 0.328 e. The SMILES string of the molecule is CC(C)C(NC(=O)C(Cc1cnc[nH]1)NC(=O)C(N)CC(=O)O)C(=O)NC(C(=O)O)C(C)O. The molecule has 0 aliphatic heterocycles. The monoisotopic (exact) mass is 470 g/mol. The van der Waals surface area contributed by atoms with Crippen molar-refractivity contribution >= 4 is 29.7 Å². The maximum atomic E-state index is 13.0. The Hall–Kier alpha value is -3.52. The Morgan fingerprint density at radius 2 is 1.61 bits per heavy atom. The summed E-state index contributed by atoms with van der Waals surface area (Å²) in [5.74, 6) is -5.77. The lowest BCUT2D eigenvalue weighted by Crippen LogP contribution is -2.60. The van der Waals surface area contributed by atoms with Crippen LogP contribution < -0.4 is 21.7 Å². The molecule has 0 saturated carbocycles. The van der Waals surface area contributed by atoms with Gasteiger partial charge in [-0.15, -0.1) is 0 Å². The first-order chi connectivity index (χ1) is 15.3. The second-order valence-electron chi connectivity index (χ2n) is 7.84. The van der Waals surface area contributed by atoms with Crippen LogP contribution in [0.2, 0.25) is 0 Å². The highest BCUT2D eigenvalue weighted by molar-refractivity contribution is 5.95. The van der Waals surface area contributed by atoms with Crippen LogP contribution in [0.1, 0.15) is 32.9 Å². The third-order valence-electron chi connectivity index (χ3n) is 4.64. The van der Waals surface area contributed by atoms with Crippen molar-refractivity contribution < 1.29 is 39.3 Å². The largest absolute Gasteiger partial charge is 0.481 e. The first kappa shape index (κ1) is 27.5. The highest BCUT2D eigenvalue weighted by Gasteiger charge is 2.33. The Kier molecular flexibility index (Phi) is 10.4. The summed E-state index contributed by atoms with van der Waals surface area (Å²) in [5, 5.41) is 34.6. The number of aliphatic hydroxyl groups excluding tert-OH is 1. The minimum Gasteiger partial charge on any atom is -0.481 e. The Labute approximate surface area is 189 Å². The molecular weight excluding hydrogens is 440 g/mol. The van der Waals surface area contributed by atoms with Gasteiger partial charge in [0.05, 0.1) is 24.9 Å². The average Bonchev–Trinajstić information content (AvgIpc) is 3.21. The molecule has 0 fully saturated rings. The lowest BCUT2D eigenvalue weighted by molar-refractivity contribution is -0.145. The summed E-state index contributed by atoms with van der Waals surface area (Å²) in [6.07, 6.45) is 0.649. The molecule has 184 valence electrons. The highest BCUT2D eigenvalue weighted by Crippen LogP contribution is 2.07. The van der Waals surface area contributed by atoms with Gasteiger partial charge in [0.1, 0.15) is 12.1 Å². The standard InChI is InChI=1S/C19H30N6O8/c1-8(2)14(18(31)25-15(9(3)26)19(32)33)24-17(30)12(4-10-6-21-7-22-10)23-16(29)11(20)5-13(27)28/h6-9,11-12,14-15,26H,4-5,20H2,1-3H3,(H,21,22)(H,23,29)(H,24,30)(H,25,31)(H,27,28)(H,32,33). The minimum absolute atomic E-state index is 0.0742. The first-order valence-electron chi connectivity index (χ1n) is 10.1. The molecule has 5 atom stereocenters. The molecule has 1 aromatic rings. The van der Waals surface area contributed by atoms with Crippen LogP contribution >= 0.6 is 0 Å². The van der Waals surface area contributed by atoms with Crippen LogP contribution in [-0.4, -0.2) is 85.2 Å². The molecule has 0 aliphatic carbocycles. The quantitative estimate of drug-likeness (QED) is 0.149. The lowest BCUT2D eigenvalue weighted by atomic mass is 10.0. The molecule has 14 heteroatoms. The van der Waals surface area contributed by atoms with Crippen molar-refractivity contribution in [3.8, 4) is 0 Å². The smallest absolute Gasteiger partial charge is 0.328 e. The van der Waals surface area contributed by atoms with E-state index in [0.29, 0.717) is 5.69 Å². The summed E-state index contributed by atoms with van der Waals surface area (Å²) in [6, 6.07) is -5.46. The molecule has 0 saturated heterocycles. The normalized spacial score (nSPS) is 15.6. The maximum absolute atomic E-state index is 13.0. The molecule has 1 rings (SSSR count). The summed E-state index contributed by atoms with van der Waals surface area (Å²) < 4.78 is 0. The molecule has 14 nitrogen and oxygen atoms in total. The Morgan fingerprint density at radius 1 is 1.00 bits per heavy atom. The number of H-pyrrole nitrogens is 1. The van der Waals surface area contributed by atoms with Crippen LogP contribution in [0.25, 0.3) is 0 Å². The van der Waals surface area contributed by atoms with Gasteiger partial charge < -0.3 is 42.0 Å². The summed E-state index contributed by atoms with van der Waals surface area (Å²) in [7, 11) is 0. The van der Waals surface area contributed by atoms with Gasteiger partial charge in [0.15, 0.2) is 6.04 Å². The lowest BCUT2D eigenvalue weighted by Gasteiger charge is -2.27. The number of carboxylic acids is 2. The predicted molar refractivity (Wildman–Crippen MR) is 112 cm³/mol. The number of rotatable bonds is 13. The van der Waals surface area contributed by atoms with Crippen LogP contribution in [0.3, 0.4) is 0 Å². The second kappa shape index (κ2) is 12.5. The third kappa shape index (κ3) is 8.86. The molecule has 1 aromatic heterocycles.